The number of amides is 1. The van der Waals surface area contributed by atoms with Crippen LogP contribution in [0.15, 0.2) is 28.7 Å². The van der Waals surface area contributed by atoms with E-state index in [2.05, 4.69) is 26.1 Å². The molecule has 1 amide bonds. The number of carbonyl (C=O) groups is 1. The Morgan fingerprint density at radius 1 is 1.32 bits per heavy atom. The number of carbonyl (C=O) groups excluding carboxylic acids is 1. The van der Waals surface area contributed by atoms with Crippen molar-refractivity contribution in [2.24, 2.45) is 5.92 Å². The third kappa shape index (κ3) is 4.31. The largest absolute Gasteiger partial charge is 0.381 e. The van der Waals surface area contributed by atoms with E-state index in [4.69, 9.17) is 4.74 Å². The van der Waals surface area contributed by atoms with E-state index < -0.39 is 0 Å². The first kappa shape index (κ1) is 16.0. The second kappa shape index (κ2) is 7.57. The minimum Gasteiger partial charge on any atom is -0.381 e. The van der Waals surface area contributed by atoms with Crippen molar-refractivity contribution in [3.05, 3.63) is 34.3 Å². The van der Waals surface area contributed by atoms with Gasteiger partial charge in [-0.1, -0.05) is 22.0 Å². The maximum absolute atomic E-state index is 12.3. The third-order valence-corrected chi connectivity index (χ3v) is 5.04. The van der Waals surface area contributed by atoms with Crippen LogP contribution in [-0.2, 0) is 4.74 Å². The standard InChI is InChI=1S/C17H23BrN2O2/c18-15-3-1-2-14(10-15)17(21)19-16-4-7-20(8-5-16)11-13-6-9-22-12-13/h1-3,10,13,16H,4-9,11-12H2,(H,19,21). The predicted molar refractivity (Wildman–Crippen MR) is 90.0 cm³/mol. The molecule has 0 spiro atoms. The van der Waals surface area contributed by atoms with Gasteiger partial charge >= 0.3 is 0 Å². The molecule has 0 aliphatic carbocycles. The molecule has 1 atom stereocenters. The van der Waals surface area contributed by atoms with Crippen molar-refractivity contribution < 1.29 is 9.53 Å². The van der Waals surface area contributed by atoms with Gasteiger partial charge in [-0.05, 0) is 43.4 Å². The summed E-state index contributed by atoms with van der Waals surface area (Å²) in [6.45, 7) is 5.12. The molecule has 0 aromatic heterocycles. The summed E-state index contributed by atoms with van der Waals surface area (Å²) in [5.74, 6) is 0.733. The van der Waals surface area contributed by atoms with Crippen LogP contribution in [0.25, 0.3) is 0 Å². The quantitative estimate of drug-likeness (QED) is 0.890. The molecule has 2 saturated heterocycles. The van der Waals surface area contributed by atoms with Crippen molar-refractivity contribution in [1.29, 1.82) is 0 Å². The second-order valence-electron chi connectivity index (χ2n) is 6.29. The minimum absolute atomic E-state index is 0.0314. The first-order valence-electron chi connectivity index (χ1n) is 8.07. The third-order valence-electron chi connectivity index (χ3n) is 4.55. The highest BCUT2D eigenvalue weighted by atomic mass is 79.9. The number of hydrogen-bond donors (Lipinski definition) is 1. The molecule has 1 unspecified atom stereocenters. The van der Waals surface area contributed by atoms with Crippen LogP contribution in [-0.4, -0.2) is 49.7 Å². The Hall–Kier alpha value is -0.910. The molecular weight excluding hydrogens is 344 g/mol. The molecule has 2 fully saturated rings. The van der Waals surface area contributed by atoms with Gasteiger partial charge in [-0.3, -0.25) is 4.79 Å². The van der Waals surface area contributed by atoms with Gasteiger partial charge in [-0.2, -0.15) is 0 Å². The van der Waals surface area contributed by atoms with E-state index in [-0.39, 0.29) is 5.91 Å². The topological polar surface area (TPSA) is 41.6 Å². The molecule has 4 nitrogen and oxygen atoms in total. The van der Waals surface area contributed by atoms with E-state index in [0.29, 0.717) is 12.0 Å². The highest BCUT2D eigenvalue weighted by Crippen LogP contribution is 2.18. The number of benzene rings is 1. The fourth-order valence-electron chi connectivity index (χ4n) is 3.25. The molecule has 120 valence electrons. The molecule has 1 aromatic rings. The van der Waals surface area contributed by atoms with Crippen LogP contribution in [0.1, 0.15) is 29.6 Å². The average Bonchev–Trinajstić information content (AvgIpc) is 3.02. The number of ether oxygens (including phenoxy) is 1. The van der Waals surface area contributed by atoms with Crippen molar-refractivity contribution in [2.75, 3.05) is 32.8 Å². The predicted octanol–water partition coefficient (Wildman–Crippen LogP) is 2.68. The summed E-state index contributed by atoms with van der Waals surface area (Å²) in [5.41, 5.74) is 0.722. The summed E-state index contributed by atoms with van der Waals surface area (Å²) in [4.78, 5) is 14.8. The first-order valence-corrected chi connectivity index (χ1v) is 8.86. The van der Waals surface area contributed by atoms with E-state index >= 15 is 0 Å². The van der Waals surface area contributed by atoms with Crippen molar-refractivity contribution >= 4 is 21.8 Å². The maximum atomic E-state index is 12.3. The molecule has 2 aliphatic rings. The van der Waals surface area contributed by atoms with Crippen molar-refractivity contribution in [3.63, 3.8) is 0 Å². The van der Waals surface area contributed by atoms with Crippen LogP contribution in [0.2, 0.25) is 0 Å². The number of piperidine rings is 1. The highest BCUT2D eigenvalue weighted by Gasteiger charge is 2.24. The lowest BCUT2D eigenvalue weighted by molar-refractivity contribution is 0.0903. The fourth-order valence-corrected chi connectivity index (χ4v) is 3.65. The van der Waals surface area contributed by atoms with E-state index in [1.807, 2.05) is 24.3 Å². The Morgan fingerprint density at radius 3 is 2.82 bits per heavy atom. The molecule has 22 heavy (non-hydrogen) atoms. The van der Waals surface area contributed by atoms with E-state index in [1.165, 1.54) is 6.42 Å². The van der Waals surface area contributed by atoms with Crippen molar-refractivity contribution in [3.8, 4) is 0 Å². The van der Waals surface area contributed by atoms with Gasteiger partial charge in [0.1, 0.15) is 0 Å². The van der Waals surface area contributed by atoms with Gasteiger partial charge in [0.2, 0.25) is 0 Å². The molecular formula is C17H23BrN2O2. The normalized spacial score (nSPS) is 23.6. The van der Waals surface area contributed by atoms with Crippen molar-refractivity contribution in [1.82, 2.24) is 10.2 Å². The molecule has 0 saturated carbocycles. The van der Waals surface area contributed by atoms with E-state index in [9.17, 15) is 4.79 Å². The zero-order chi connectivity index (χ0) is 15.4. The molecule has 2 heterocycles. The summed E-state index contributed by atoms with van der Waals surface area (Å²) in [6.07, 6.45) is 3.26. The Morgan fingerprint density at radius 2 is 2.14 bits per heavy atom. The first-order chi connectivity index (χ1) is 10.7. The van der Waals surface area contributed by atoms with Crippen LogP contribution < -0.4 is 5.32 Å². The zero-order valence-corrected chi connectivity index (χ0v) is 14.3. The zero-order valence-electron chi connectivity index (χ0n) is 12.8. The Labute approximate surface area is 140 Å². The highest BCUT2D eigenvalue weighted by molar-refractivity contribution is 9.10. The fraction of sp³-hybridized carbons (Fsp3) is 0.588. The number of halogens is 1. The minimum atomic E-state index is 0.0314. The molecule has 0 bridgehead atoms. The van der Waals surface area contributed by atoms with Gasteiger partial charge in [-0.25, -0.2) is 0 Å². The van der Waals surface area contributed by atoms with Crippen LogP contribution in [0.4, 0.5) is 0 Å². The number of nitrogens with one attached hydrogen (secondary N) is 1. The molecule has 3 rings (SSSR count). The lowest BCUT2D eigenvalue weighted by Gasteiger charge is -2.33. The second-order valence-corrected chi connectivity index (χ2v) is 7.20. The summed E-state index contributed by atoms with van der Waals surface area (Å²) in [5, 5.41) is 3.17. The van der Waals surface area contributed by atoms with Gasteiger partial charge in [0.25, 0.3) is 5.91 Å². The van der Waals surface area contributed by atoms with E-state index in [0.717, 1.165) is 55.7 Å². The van der Waals surface area contributed by atoms with Crippen LogP contribution in [0.5, 0.6) is 0 Å². The monoisotopic (exact) mass is 366 g/mol. The lowest BCUT2D eigenvalue weighted by Crippen LogP contribution is -2.45. The smallest absolute Gasteiger partial charge is 0.251 e. The molecule has 1 aromatic carbocycles. The molecule has 2 aliphatic heterocycles. The Kier molecular flexibility index (Phi) is 5.50. The van der Waals surface area contributed by atoms with Crippen LogP contribution in [0, 0.1) is 5.92 Å². The molecule has 0 radical (unpaired) electrons. The number of likely N-dealkylation sites (tertiary alicyclic amines) is 1. The van der Waals surface area contributed by atoms with Crippen LogP contribution in [0.3, 0.4) is 0 Å². The Bertz CT molecular complexity index is 509. The SMILES string of the molecule is O=C(NC1CCN(CC2CCOC2)CC1)c1cccc(Br)c1. The average molecular weight is 367 g/mol. The number of nitrogens with zero attached hydrogens (tertiary/aromatic N) is 1. The summed E-state index contributed by atoms with van der Waals surface area (Å²) in [6, 6.07) is 7.84. The maximum Gasteiger partial charge on any atom is 0.251 e. The van der Waals surface area contributed by atoms with Gasteiger partial charge in [0, 0.05) is 42.3 Å². The van der Waals surface area contributed by atoms with Gasteiger partial charge in [-0.15, -0.1) is 0 Å². The van der Waals surface area contributed by atoms with Gasteiger partial charge < -0.3 is 15.0 Å². The van der Waals surface area contributed by atoms with Gasteiger partial charge in [0.05, 0.1) is 6.61 Å². The van der Waals surface area contributed by atoms with Crippen LogP contribution >= 0.6 is 15.9 Å². The van der Waals surface area contributed by atoms with Gasteiger partial charge in [0.15, 0.2) is 0 Å². The number of hydrogen-bond acceptors (Lipinski definition) is 3. The lowest BCUT2D eigenvalue weighted by atomic mass is 10.0. The summed E-state index contributed by atoms with van der Waals surface area (Å²) >= 11 is 3.41. The van der Waals surface area contributed by atoms with E-state index in [1.54, 1.807) is 0 Å². The Balaban J connectivity index is 1.44. The molecule has 1 N–H and O–H groups in total. The van der Waals surface area contributed by atoms with Crippen molar-refractivity contribution in [2.45, 2.75) is 25.3 Å². The summed E-state index contributed by atoms with van der Waals surface area (Å²) < 4.78 is 6.38. The summed E-state index contributed by atoms with van der Waals surface area (Å²) in [7, 11) is 0. The number of rotatable bonds is 4. The molecule has 5 heteroatoms.